The number of carbonyl (C=O) groups excluding carboxylic acids is 2. The second-order valence-electron chi connectivity index (χ2n) is 6.02. The summed E-state index contributed by atoms with van der Waals surface area (Å²) < 4.78 is 5.26. The molecule has 0 aromatic carbocycles. The number of anilines is 1. The molecule has 1 aliphatic heterocycles. The largest absolute Gasteiger partial charge is 0.339 e. The number of rotatable bonds is 4. The first kappa shape index (κ1) is 16.6. The van der Waals surface area contributed by atoms with Crippen LogP contribution < -0.4 is 5.32 Å². The monoisotopic (exact) mass is 349 g/mol. The molecule has 3 heterocycles. The van der Waals surface area contributed by atoms with Crippen molar-refractivity contribution in [2.75, 3.05) is 11.9 Å². The Morgan fingerprint density at radius 1 is 1.42 bits per heavy atom. The molecule has 1 aliphatic rings. The lowest BCUT2D eigenvalue weighted by molar-refractivity contribution is -0.114. The number of aromatic nitrogens is 3. The Hall–Kier alpha value is -2.29. The van der Waals surface area contributed by atoms with Crippen molar-refractivity contribution in [1.29, 1.82) is 0 Å². The Morgan fingerprint density at radius 2 is 2.21 bits per heavy atom. The van der Waals surface area contributed by atoms with Gasteiger partial charge in [0.05, 0.1) is 6.04 Å². The van der Waals surface area contributed by atoms with E-state index in [0.29, 0.717) is 29.1 Å². The number of hydrogen-bond acceptors (Lipinski definition) is 7. The third-order valence-electron chi connectivity index (χ3n) is 3.77. The lowest BCUT2D eigenvalue weighted by atomic mass is 10.2. The van der Waals surface area contributed by atoms with E-state index in [-0.39, 0.29) is 23.8 Å². The van der Waals surface area contributed by atoms with Gasteiger partial charge in [-0.15, -0.1) is 11.3 Å². The van der Waals surface area contributed by atoms with Crippen LogP contribution in [0, 0.1) is 0 Å². The van der Waals surface area contributed by atoms with Gasteiger partial charge in [0.25, 0.3) is 5.91 Å². The van der Waals surface area contributed by atoms with Crippen LogP contribution in [-0.2, 0) is 4.79 Å². The zero-order valence-corrected chi connectivity index (χ0v) is 14.6. The van der Waals surface area contributed by atoms with Crippen molar-refractivity contribution in [3.63, 3.8) is 0 Å². The third-order valence-corrected chi connectivity index (χ3v) is 4.53. The SMILES string of the molecule is CC(=O)Nc1nc(C(=O)N2CCC[C@H]2c2noc(C(C)C)n2)cs1. The number of nitrogens with one attached hydrogen (secondary N) is 1. The van der Waals surface area contributed by atoms with Crippen LogP contribution in [0.4, 0.5) is 5.13 Å². The van der Waals surface area contributed by atoms with E-state index in [0.717, 1.165) is 12.8 Å². The first-order valence-corrected chi connectivity index (χ1v) is 8.71. The van der Waals surface area contributed by atoms with E-state index in [1.807, 2.05) is 13.8 Å². The summed E-state index contributed by atoms with van der Waals surface area (Å²) in [7, 11) is 0. The van der Waals surface area contributed by atoms with Crippen LogP contribution in [-0.4, -0.2) is 38.4 Å². The van der Waals surface area contributed by atoms with Gasteiger partial charge in [-0.2, -0.15) is 4.98 Å². The standard InChI is InChI=1S/C15H19N5O3S/c1-8(2)13-18-12(19-23-13)11-5-4-6-20(11)14(22)10-7-24-15(17-10)16-9(3)21/h7-8,11H,4-6H2,1-3H3,(H,16,17,21)/t11-/m0/s1. The Kier molecular flexibility index (Phi) is 4.61. The fourth-order valence-corrected chi connectivity index (χ4v) is 3.35. The molecule has 0 bridgehead atoms. The van der Waals surface area contributed by atoms with E-state index in [1.54, 1.807) is 10.3 Å². The highest BCUT2D eigenvalue weighted by Crippen LogP contribution is 2.32. The smallest absolute Gasteiger partial charge is 0.274 e. The lowest BCUT2D eigenvalue weighted by Gasteiger charge is -2.21. The quantitative estimate of drug-likeness (QED) is 0.910. The van der Waals surface area contributed by atoms with Gasteiger partial charge in [0.2, 0.25) is 11.8 Å². The third kappa shape index (κ3) is 3.30. The van der Waals surface area contributed by atoms with Gasteiger partial charge >= 0.3 is 0 Å². The molecule has 2 aromatic heterocycles. The second-order valence-corrected chi connectivity index (χ2v) is 6.88. The molecule has 2 aromatic rings. The maximum Gasteiger partial charge on any atom is 0.274 e. The maximum absolute atomic E-state index is 12.7. The molecule has 0 aliphatic carbocycles. The van der Waals surface area contributed by atoms with Crippen molar-refractivity contribution in [3.05, 3.63) is 22.8 Å². The van der Waals surface area contributed by atoms with E-state index in [2.05, 4.69) is 20.4 Å². The number of nitrogens with zero attached hydrogens (tertiary/aromatic N) is 4. The summed E-state index contributed by atoms with van der Waals surface area (Å²) in [5.74, 6) is 0.875. The molecule has 0 saturated carbocycles. The average Bonchev–Trinajstić information content (AvgIpc) is 3.25. The number of likely N-dealkylation sites (tertiary alicyclic amines) is 1. The van der Waals surface area contributed by atoms with Gasteiger partial charge in [-0.1, -0.05) is 19.0 Å². The van der Waals surface area contributed by atoms with Crippen LogP contribution in [0.2, 0.25) is 0 Å². The zero-order chi connectivity index (χ0) is 17.3. The highest BCUT2D eigenvalue weighted by atomic mass is 32.1. The van der Waals surface area contributed by atoms with E-state index < -0.39 is 0 Å². The van der Waals surface area contributed by atoms with Gasteiger partial charge in [-0.25, -0.2) is 4.98 Å². The Labute approximate surface area is 143 Å². The predicted molar refractivity (Wildman–Crippen MR) is 87.8 cm³/mol. The topological polar surface area (TPSA) is 101 Å². The van der Waals surface area contributed by atoms with Gasteiger partial charge < -0.3 is 14.7 Å². The normalized spacial score (nSPS) is 17.5. The van der Waals surface area contributed by atoms with Crippen molar-refractivity contribution in [1.82, 2.24) is 20.0 Å². The molecule has 8 nitrogen and oxygen atoms in total. The minimum Gasteiger partial charge on any atom is -0.339 e. The van der Waals surface area contributed by atoms with Gasteiger partial charge in [-0.3, -0.25) is 9.59 Å². The summed E-state index contributed by atoms with van der Waals surface area (Å²) in [4.78, 5) is 34.1. The molecule has 9 heteroatoms. The van der Waals surface area contributed by atoms with Crippen LogP contribution >= 0.6 is 11.3 Å². The minimum atomic E-state index is -0.213. The Bertz CT molecular complexity index is 754. The molecule has 0 unspecified atom stereocenters. The summed E-state index contributed by atoms with van der Waals surface area (Å²) >= 11 is 1.23. The van der Waals surface area contributed by atoms with Crippen molar-refractivity contribution in [2.45, 2.75) is 45.6 Å². The van der Waals surface area contributed by atoms with Crippen LogP contribution in [0.1, 0.15) is 67.8 Å². The fourth-order valence-electron chi connectivity index (χ4n) is 2.62. The maximum atomic E-state index is 12.7. The summed E-state index contributed by atoms with van der Waals surface area (Å²) in [6, 6.07) is -0.195. The van der Waals surface area contributed by atoms with Gasteiger partial charge in [0.15, 0.2) is 11.0 Å². The highest BCUT2D eigenvalue weighted by Gasteiger charge is 2.35. The summed E-state index contributed by atoms with van der Waals surface area (Å²) in [6.45, 7) is 5.99. The van der Waals surface area contributed by atoms with Crippen LogP contribution in [0.15, 0.2) is 9.90 Å². The van der Waals surface area contributed by atoms with Crippen molar-refractivity contribution < 1.29 is 14.1 Å². The molecule has 0 radical (unpaired) electrons. The van der Waals surface area contributed by atoms with E-state index in [4.69, 9.17) is 4.52 Å². The van der Waals surface area contributed by atoms with Gasteiger partial charge in [0, 0.05) is 24.8 Å². The molecule has 1 fully saturated rings. The molecule has 1 N–H and O–H groups in total. The molecule has 128 valence electrons. The number of carbonyl (C=O) groups is 2. The van der Waals surface area contributed by atoms with E-state index in [1.165, 1.54) is 18.3 Å². The lowest BCUT2D eigenvalue weighted by Crippen LogP contribution is -2.31. The molecule has 24 heavy (non-hydrogen) atoms. The fraction of sp³-hybridized carbons (Fsp3) is 0.533. The second kappa shape index (κ2) is 6.68. The van der Waals surface area contributed by atoms with Crippen LogP contribution in [0.5, 0.6) is 0 Å². The number of amides is 2. The molecule has 0 spiro atoms. The van der Waals surface area contributed by atoms with Gasteiger partial charge in [-0.05, 0) is 12.8 Å². The zero-order valence-electron chi connectivity index (χ0n) is 13.8. The highest BCUT2D eigenvalue weighted by molar-refractivity contribution is 7.14. The molecular formula is C15H19N5O3S. The van der Waals surface area contributed by atoms with Crippen LogP contribution in [0.25, 0.3) is 0 Å². The first-order valence-electron chi connectivity index (χ1n) is 7.83. The van der Waals surface area contributed by atoms with E-state index in [9.17, 15) is 9.59 Å². The summed E-state index contributed by atoms with van der Waals surface area (Å²) in [5.41, 5.74) is 0.322. The Balaban J connectivity index is 1.78. The molecule has 1 saturated heterocycles. The summed E-state index contributed by atoms with van der Waals surface area (Å²) in [6.07, 6.45) is 1.68. The molecule has 3 rings (SSSR count). The first-order chi connectivity index (χ1) is 11.5. The predicted octanol–water partition coefficient (Wildman–Crippen LogP) is 2.59. The Morgan fingerprint density at radius 3 is 2.88 bits per heavy atom. The molecular weight excluding hydrogens is 330 g/mol. The molecule has 2 amide bonds. The average molecular weight is 349 g/mol. The number of thiazole rings is 1. The van der Waals surface area contributed by atoms with Crippen molar-refractivity contribution >= 4 is 28.3 Å². The summed E-state index contributed by atoms with van der Waals surface area (Å²) in [5, 5.41) is 8.69. The minimum absolute atomic E-state index is 0.149. The van der Waals surface area contributed by atoms with Crippen LogP contribution in [0.3, 0.4) is 0 Å². The molecule has 1 atom stereocenters. The van der Waals surface area contributed by atoms with E-state index >= 15 is 0 Å². The van der Waals surface area contributed by atoms with Crippen molar-refractivity contribution in [2.24, 2.45) is 0 Å². The number of hydrogen-bond donors (Lipinski definition) is 1. The van der Waals surface area contributed by atoms with Crippen molar-refractivity contribution in [3.8, 4) is 0 Å². The van der Waals surface area contributed by atoms with Gasteiger partial charge in [0.1, 0.15) is 5.69 Å².